The first-order valence-corrected chi connectivity index (χ1v) is 21.5. The normalized spacial score (nSPS) is 12.9. The number of para-hydroxylation sites is 1. The molecule has 4 heteroatoms. The van der Waals surface area contributed by atoms with Crippen LogP contribution in [0.4, 0.5) is 0 Å². The third-order valence-corrected chi connectivity index (χ3v) is 13.2. The summed E-state index contributed by atoms with van der Waals surface area (Å²) in [6.45, 7) is 0. The van der Waals surface area contributed by atoms with Crippen LogP contribution in [0.5, 0.6) is 0 Å². The van der Waals surface area contributed by atoms with E-state index in [0.717, 1.165) is 49.8 Å². The Morgan fingerprint density at radius 2 is 0.667 bits per heavy atom. The summed E-state index contributed by atoms with van der Waals surface area (Å²) in [5.41, 5.74) is 18.0. The number of fused-ring (bicyclic) bond motifs is 13. The van der Waals surface area contributed by atoms with Crippen LogP contribution in [-0.2, 0) is 5.41 Å². The lowest BCUT2D eigenvalue weighted by Crippen LogP contribution is -2.25. The van der Waals surface area contributed by atoms with Crippen molar-refractivity contribution in [3.8, 4) is 78.8 Å². The maximum atomic E-state index is 5.45. The highest BCUT2D eigenvalue weighted by molar-refractivity contribution is 6.14. The van der Waals surface area contributed by atoms with Gasteiger partial charge in [-0.2, -0.15) is 0 Å². The van der Waals surface area contributed by atoms with Gasteiger partial charge in [-0.3, -0.25) is 0 Å². The van der Waals surface area contributed by atoms with Crippen LogP contribution >= 0.6 is 0 Å². The Kier molecular flexibility index (Phi) is 7.79. The number of hydrogen-bond donors (Lipinski definition) is 0. The second kappa shape index (κ2) is 13.8. The fourth-order valence-corrected chi connectivity index (χ4v) is 10.3. The SMILES string of the molecule is c1ccc(-c2ccc(-c3nc(-c4ccccc4)nc(-c4ccc(-c5nc6ccccc6c6cc7c(cc56)C5(c6ccccc6-c6ccccc65)c5ccccc5-7)cc4)n3)cc2)cc1. The highest BCUT2D eigenvalue weighted by atomic mass is 15.0. The maximum absolute atomic E-state index is 5.45. The summed E-state index contributed by atoms with van der Waals surface area (Å²) in [7, 11) is 0. The van der Waals surface area contributed by atoms with Crippen LogP contribution in [-0.4, -0.2) is 19.9 Å². The quantitative estimate of drug-likeness (QED) is 0.163. The van der Waals surface area contributed by atoms with E-state index in [1.807, 2.05) is 36.4 Å². The first-order chi connectivity index (χ1) is 31.2. The van der Waals surface area contributed by atoms with Gasteiger partial charge in [0.1, 0.15) is 0 Å². The summed E-state index contributed by atoms with van der Waals surface area (Å²) in [6, 6.07) is 78.0. The molecule has 2 aliphatic carbocycles. The predicted molar refractivity (Wildman–Crippen MR) is 256 cm³/mol. The number of benzene rings is 9. The topological polar surface area (TPSA) is 51.6 Å². The van der Waals surface area contributed by atoms with Crippen LogP contribution < -0.4 is 0 Å². The van der Waals surface area contributed by atoms with Gasteiger partial charge in [-0.25, -0.2) is 19.9 Å². The standard InChI is InChI=1S/C59H36N4/c1-3-15-37(16-4-1)38-27-31-41(32-28-38)57-61-56(40-17-5-2-6-18-40)62-58(63-57)42-33-29-39(30-34-42)55-49-36-53-48(35-47(49)46-22-10-14-26-54(46)60-55)45-21-9-13-25-52(45)59(53)50-23-11-7-19-43(50)44-20-8-12-24-51(44)59/h1-36H. The van der Waals surface area contributed by atoms with Crippen LogP contribution in [0.3, 0.4) is 0 Å². The van der Waals surface area contributed by atoms with Gasteiger partial charge in [0.2, 0.25) is 0 Å². The Labute approximate surface area is 364 Å². The number of aromatic nitrogens is 4. The number of hydrogen-bond acceptors (Lipinski definition) is 4. The minimum absolute atomic E-state index is 0.450. The molecule has 0 atom stereocenters. The molecule has 0 aliphatic heterocycles. The van der Waals surface area contributed by atoms with Gasteiger partial charge in [0.05, 0.1) is 16.6 Å². The molecule has 0 N–H and O–H groups in total. The molecule has 0 unspecified atom stereocenters. The molecule has 0 saturated carbocycles. The van der Waals surface area contributed by atoms with Gasteiger partial charge in [-0.05, 0) is 79.2 Å². The van der Waals surface area contributed by atoms with E-state index in [-0.39, 0.29) is 0 Å². The zero-order valence-corrected chi connectivity index (χ0v) is 34.1. The lowest BCUT2D eigenvalue weighted by molar-refractivity contribution is 0.795. The molecular formula is C59H36N4. The van der Waals surface area contributed by atoms with Gasteiger partial charge in [0.25, 0.3) is 0 Å². The van der Waals surface area contributed by atoms with Crippen molar-refractivity contribution in [3.05, 3.63) is 241 Å². The second-order valence-corrected chi connectivity index (χ2v) is 16.5. The Morgan fingerprint density at radius 1 is 0.254 bits per heavy atom. The van der Waals surface area contributed by atoms with Crippen molar-refractivity contribution in [3.63, 3.8) is 0 Å². The van der Waals surface area contributed by atoms with Gasteiger partial charge in [0.15, 0.2) is 17.5 Å². The van der Waals surface area contributed by atoms with Crippen molar-refractivity contribution in [2.24, 2.45) is 0 Å². The molecule has 9 aromatic carbocycles. The third-order valence-electron chi connectivity index (χ3n) is 13.2. The van der Waals surface area contributed by atoms with E-state index in [1.54, 1.807) is 0 Å². The van der Waals surface area contributed by atoms with E-state index in [4.69, 9.17) is 19.9 Å². The zero-order chi connectivity index (χ0) is 41.5. The van der Waals surface area contributed by atoms with E-state index in [9.17, 15) is 0 Å². The minimum atomic E-state index is -0.450. The summed E-state index contributed by atoms with van der Waals surface area (Å²) in [5.74, 6) is 1.88. The molecule has 2 aliphatic rings. The summed E-state index contributed by atoms with van der Waals surface area (Å²) >= 11 is 0. The monoisotopic (exact) mass is 800 g/mol. The van der Waals surface area contributed by atoms with Crippen LogP contribution in [0, 0.1) is 0 Å². The highest BCUT2D eigenvalue weighted by Crippen LogP contribution is 2.63. The molecule has 292 valence electrons. The van der Waals surface area contributed by atoms with Crippen LogP contribution in [0.2, 0.25) is 0 Å². The Hall–Kier alpha value is -8.34. The molecule has 0 amide bonds. The Balaban J connectivity index is 0.980. The highest BCUT2D eigenvalue weighted by Gasteiger charge is 2.51. The van der Waals surface area contributed by atoms with Crippen LogP contribution in [0.15, 0.2) is 218 Å². The van der Waals surface area contributed by atoms with Crippen LogP contribution in [0.1, 0.15) is 22.3 Å². The van der Waals surface area contributed by atoms with E-state index in [2.05, 4.69) is 182 Å². The molecule has 63 heavy (non-hydrogen) atoms. The Morgan fingerprint density at radius 3 is 1.24 bits per heavy atom. The van der Waals surface area contributed by atoms with Gasteiger partial charge < -0.3 is 0 Å². The second-order valence-electron chi connectivity index (χ2n) is 16.5. The van der Waals surface area contributed by atoms with Crippen molar-refractivity contribution in [1.29, 1.82) is 0 Å². The number of nitrogens with zero attached hydrogens (tertiary/aromatic N) is 4. The van der Waals surface area contributed by atoms with Gasteiger partial charge in [-0.1, -0.05) is 200 Å². The van der Waals surface area contributed by atoms with Gasteiger partial charge >= 0.3 is 0 Å². The molecule has 2 aromatic heterocycles. The summed E-state index contributed by atoms with van der Waals surface area (Å²) in [5, 5.41) is 3.46. The minimum Gasteiger partial charge on any atom is -0.247 e. The third kappa shape index (κ3) is 5.35. The van der Waals surface area contributed by atoms with E-state index in [0.29, 0.717) is 17.5 Å². The zero-order valence-electron chi connectivity index (χ0n) is 34.1. The molecule has 4 nitrogen and oxygen atoms in total. The molecule has 0 bridgehead atoms. The fourth-order valence-electron chi connectivity index (χ4n) is 10.3. The van der Waals surface area contributed by atoms with E-state index in [1.165, 1.54) is 55.5 Å². The number of rotatable bonds is 5. The largest absolute Gasteiger partial charge is 0.247 e. The molecule has 0 radical (unpaired) electrons. The lowest BCUT2D eigenvalue weighted by atomic mass is 9.70. The molecule has 2 heterocycles. The first-order valence-electron chi connectivity index (χ1n) is 21.5. The average Bonchev–Trinajstić information content (AvgIpc) is 3.83. The molecule has 0 saturated heterocycles. The fraction of sp³-hybridized carbons (Fsp3) is 0.0169. The van der Waals surface area contributed by atoms with Gasteiger partial charge in [0, 0.05) is 33.0 Å². The van der Waals surface area contributed by atoms with Crippen molar-refractivity contribution in [1.82, 2.24) is 19.9 Å². The summed E-state index contributed by atoms with van der Waals surface area (Å²) in [6.07, 6.45) is 0. The first kappa shape index (κ1) is 35.4. The molecule has 1 spiro atoms. The van der Waals surface area contributed by atoms with Gasteiger partial charge in [-0.15, -0.1) is 0 Å². The van der Waals surface area contributed by atoms with E-state index >= 15 is 0 Å². The van der Waals surface area contributed by atoms with Crippen molar-refractivity contribution < 1.29 is 0 Å². The Bertz CT molecular complexity index is 3550. The van der Waals surface area contributed by atoms with Crippen molar-refractivity contribution in [2.75, 3.05) is 0 Å². The van der Waals surface area contributed by atoms with E-state index < -0.39 is 5.41 Å². The molecule has 13 rings (SSSR count). The summed E-state index contributed by atoms with van der Waals surface area (Å²) < 4.78 is 0. The lowest BCUT2D eigenvalue weighted by Gasteiger charge is -2.30. The molecular weight excluding hydrogens is 765 g/mol. The predicted octanol–water partition coefficient (Wildman–Crippen LogP) is 14.3. The molecule has 11 aromatic rings. The smallest absolute Gasteiger partial charge is 0.164 e. The molecule has 0 fully saturated rings. The number of pyridine rings is 1. The van der Waals surface area contributed by atoms with Crippen LogP contribution in [0.25, 0.3) is 100 Å². The summed E-state index contributed by atoms with van der Waals surface area (Å²) in [4.78, 5) is 20.6. The maximum Gasteiger partial charge on any atom is 0.164 e. The average molecular weight is 801 g/mol. The van der Waals surface area contributed by atoms with Crippen molar-refractivity contribution >= 4 is 21.7 Å². The van der Waals surface area contributed by atoms with Crippen molar-refractivity contribution in [2.45, 2.75) is 5.41 Å².